The van der Waals surface area contributed by atoms with Gasteiger partial charge in [0.2, 0.25) is 6.29 Å². The molecule has 0 saturated heterocycles. The quantitative estimate of drug-likeness (QED) is 0.484. The number of alkyl halides is 2. The van der Waals surface area contributed by atoms with E-state index in [9.17, 15) is 8.78 Å². The lowest BCUT2D eigenvalue weighted by molar-refractivity contribution is -0.209. The van der Waals surface area contributed by atoms with Crippen LogP contribution in [-0.4, -0.2) is 23.9 Å². The zero-order valence-electron chi connectivity index (χ0n) is 5.68. The van der Waals surface area contributed by atoms with Crippen molar-refractivity contribution in [2.45, 2.75) is 19.1 Å². The van der Waals surface area contributed by atoms with Crippen LogP contribution >= 0.6 is 0 Å². The van der Waals surface area contributed by atoms with E-state index in [1.54, 1.807) is 0 Å². The molecule has 10 heavy (non-hydrogen) atoms. The second kappa shape index (κ2) is 3.63. The van der Waals surface area contributed by atoms with Crippen molar-refractivity contribution in [3.05, 3.63) is 12.7 Å². The number of aliphatic hydroxyl groups excluding tert-OH is 1. The van der Waals surface area contributed by atoms with Gasteiger partial charge in [-0.25, -0.2) is 0 Å². The Morgan fingerprint density at radius 2 is 2.30 bits per heavy atom. The Bertz CT molecular complexity index is 114. The molecule has 0 saturated carbocycles. The minimum absolute atomic E-state index is 0.0462. The Morgan fingerprint density at radius 3 is 2.60 bits per heavy atom. The Kier molecular flexibility index (Phi) is 3.46. The molecule has 0 amide bonds. The molecular weight excluding hydrogens is 142 g/mol. The van der Waals surface area contributed by atoms with E-state index in [1.807, 2.05) is 0 Å². The second-order valence-electron chi connectivity index (χ2n) is 1.69. The third-order valence-corrected chi connectivity index (χ3v) is 0.926. The van der Waals surface area contributed by atoms with Gasteiger partial charge in [-0.05, 0) is 13.0 Å². The fourth-order valence-corrected chi connectivity index (χ4v) is 0.370. The number of hydrogen-bond acceptors (Lipinski definition) is 2. The first-order valence-electron chi connectivity index (χ1n) is 2.85. The van der Waals surface area contributed by atoms with Gasteiger partial charge in [0.15, 0.2) is 0 Å². The van der Waals surface area contributed by atoms with Crippen LogP contribution < -0.4 is 0 Å². The summed E-state index contributed by atoms with van der Waals surface area (Å²) in [4.78, 5) is 0. The summed E-state index contributed by atoms with van der Waals surface area (Å²) in [5.74, 6) is -3.35. The summed E-state index contributed by atoms with van der Waals surface area (Å²) in [6.07, 6.45) is -1.72. The van der Waals surface area contributed by atoms with Gasteiger partial charge in [0.25, 0.3) is 0 Å². The molecule has 0 aromatic carbocycles. The second-order valence-corrected chi connectivity index (χ2v) is 1.69. The molecule has 0 aromatic rings. The molecule has 0 bridgehead atoms. The molecule has 60 valence electrons. The van der Waals surface area contributed by atoms with E-state index in [4.69, 9.17) is 5.11 Å². The fraction of sp³-hybridized carbons (Fsp3) is 0.667. The van der Waals surface area contributed by atoms with Gasteiger partial charge in [0.05, 0.1) is 0 Å². The van der Waals surface area contributed by atoms with Crippen LogP contribution in [0.5, 0.6) is 0 Å². The summed E-state index contributed by atoms with van der Waals surface area (Å²) >= 11 is 0. The molecule has 2 nitrogen and oxygen atoms in total. The van der Waals surface area contributed by atoms with Crippen molar-refractivity contribution in [2.24, 2.45) is 0 Å². The highest BCUT2D eigenvalue weighted by atomic mass is 19.3. The van der Waals surface area contributed by atoms with E-state index >= 15 is 0 Å². The summed E-state index contributed by atoms with van der Waals surface area (Å²) in [6.45, 7) is 4.41. The molecule has 0 aliphatic heterocycles. The largest absolute Gasteiger partial charge is 0.363 e. The predicted molar refractivity (Wildman–Crippen MR) is 32.8 cm³/mol. The van der Waals surface area contributed by atoms with Gasteiger partial charge in [-0.2, -0.15) is 8.78 Å². The maximum Gasteiger partial charge on any atom is 0.315 e. The first-order valence-corrected chi connectivity index (χ1v) is 2.85. The van der Waals surface area contributed by atoms with E-state index in [2.05, 4.69) is 11.3 Å². The van der Waals surface area contributed by atoms with Crippen molar-refractivity contribution in [2.75, 3.05) is 6.61 Å². The van der Waals surface area contributed by atoms with Crippen LogP contribution in [-0.2, 0) is 4.74 Å². The number of aliphatic hydroxyl groups is 1. The molecule has 0 heterocycles. The number of hydrogen-bond donors (Lipinski definition) is 1. The number of ether oxygens (including phenoxy) is 1. The zero-order valence-corrected chi connectivity index (χ0v) is 5.68. The Balaban J connectivity index is 3.90. The molecule has 4 heteroatoms. The van der Waals surface area contributed by atoms with Crippen LogP contribution in [0.2, 0.25) is 0 Å². The molecule has 0 spiro atoms. The van der Waals surface area contributed by atoms with Crippen molar-refractivity contribution >= 4 is 0 Å². The molecule has 0 aromatic heterocycles. The van der Waals surface area contributed by atoms with Gasteiger partial charge in [-0.3, -0.25) is 0 Å². The third-order valence-electron chi connectivity index (χ3n) is 0.926. The first-order chi connectivity index (χ1) is 4.54. The summed E-state index contributed by atoms with van der Waals surface area (Å²) < 4.78 is 28.7. The summed E-state index contributed by atoms with van der Waals surface area (Å²) in [6, 6.07) is 0. The molecule has 0 rings (SSSR count). The number of rotatable bonds is 4. The van der Waals surface area contributed by atoms with Gasteiger partial charge in [0.1, 0.15) is 0 Å². The normalized spacial score (nSPS) is 14.8. The van der Waals surface area contributed by atoms with Gasteiger partial charge in [-0.1, -0.05) is 6.58 Å². The van der Waals surface area contributed by atoms with E-state index in [-0.39, 0.29) is 6.61 Å². The van der Waals surface area contributed by atoms with Crippen LogP contribution in [0.3, 0.4) is 0 Å². The first kappa shape index (κ1) is 9.52. The molecule has 1 atom stereocenters. The summed E-state index contributed by atoms with van der Waals surface area (Å²) in [5.41, 5.74) is 0. The number of halogens is 2. The van der Waals surface area contributed by atoms with Crippen molar-refractivity contribution in [1.82, 2.24) is 0 Å². The van der Waals surface area contributed by atoms with Crippen LogP contribution in [0.15, 0.2) is 12.7 Å². The van der Waals surface area contributed by atoms with E-state index in [0.29, 0.717) is 6.08 Å². The average Bonchev–Trinajstić information content (AvgIpc) is 1.89. The fourth-order valence-electron chi connectivity index (χ4n) is 0.370. The topological polar surface area (TPSA) is 29.5 Å². The zero-order chi connectivity index (χ0) is 8.20. The molecule has 0 fully saturated rings. The maximum atomic E-state index is 12.2. The molecule has 0 aliphatic rings. The minimum Gasteiger partial charge on any atom is -0.363 e. The van der Waals surface area contributed by atoms with Gasteiger partial charge in [-0.15, -0.1) is 0 Å². The minimum atomic E-state index is -3.35. The lowest BCUT2D eigenvalue weighted by Crippen LogP contribution is -2.33. The summed E-state index contributed by atoms with van der Waals surface area (Å²) in [5, 5.41) is 8.53. The van der Waals surface area contributed by atoms with Gasteiger partial charge >= 0.3 is 5.92 Å². The highest BCUT2D eigenvalue weighted by Crippen LogP contribution is 2.19. The molecule has 1 unspecified atom stereocenters. The molecule has 0 aliphatic carbocycles. The molecular formula is C6H10F2O2. The maximum absolute atomic E-state index is 12.2. The Labute approximate surface area is 58.1 Å². The highest BCUT2D eigenvalue weighted by Gasteiger charge is 2.35. The third kappa shape index (κ3) is 2.41. The van der Waals surface area contributed by atoms with Gasteiger partial charge < -0.3 is 9.84 Å². The Morgan fingerprint density at radius 1 is 1.80 bits per heavy atom. The van der Waals surface area contributed by atoms with Crippen molar-refractivity contribution in [3.63, 3.8) is 0 Å². The monoisotopic (exact) mass is 152 g/mol. The van der Waals surface area contributed by atoms with Crippen molar-refractivity contribution in [1.29, 1.82) is 0 Å². The van der Waals surface area contributed by atoms with Crippen molar-refractivity contribution in [3.8, 4) is 0 Å². The lowest BCUT2D eigenvalue weighted by Gasteiger charge is -2.17. The average molecular weight is 152 g/mol. The van der Waals surface area contributed by atoms with E-state index < -0.39 is 12.2 Å². The molecule has 0 radical (unpaired) electrons. The lowest BCUT2D eigenvalue weighted by atomic mass is 10.3. The summed E-state index contributed by atoms with van der Waals surface area (Å²) in [7, 11) is 0. The van der Waals surface area contributed by atoms with Gasteiger partial charge in [0, 0.05) is 6.61 Å². The van der Waals surface area contributed by atoms with Crippen LogP contribution in [0, 0.1) is 0 Å². The Hall–Kier alpha value is -0.480. The molecule has 1 N–H and O–H groups in total. The van der Waals surface area contributed by atoms with Crippen LogP contribution in [0.25, 0.3) is 0 Å². The predicted octanol–water partition coefficient (Wildman–Crippen LogP) is 1.16. The van der Waals surface area contributed by atoms with Crippen LogP contribution in [0.1, 0.15) is 6.92 Å². The standard InChI is InChI=1S/C6H10F2O2/c1-3-6(7,8)5(9)10-4-2/h3,5,9H,1,4H2,2H3. The van der Waals surface area contributed by atoms with Crippen LogP contribution in [0.4, 0.5) is 8.78 Å². The van der Waals surface area contributed by atoms with E-state index in [1.165, 1.54) is 6.92 Å². The SMILES string of the molecule is C=CC(F)(F)C(O)OCC. The van der Waals surface area contributed by atoms with E-state index in [0.717, 1.165) is 0 Å². The van der Waals surface area contributed by atoms with Crippen molar-refractivity contribution < 1.29 is 18.6 Å². The highest BCUT2D eigenvalue weighted by molar-refractivity contribution is 4.89. The smallest absolute Gasteiger partial charge is 0.315 e.